The van der Waals surface area contributed by atoms with E-state index < -0.39 is 0 Å². The maximum absolute atomic E-state index is 12.6. The van der Waals surface area contributed by atoms with Crippen LogP contribution in [0.2, 0.25) is 5.02 Å². The Morgan fingerprint density at radius 3 is 2.56 bits per heavy atom. The molecule has 0 aliphatic heterocycles. The number of ketones is 1. The number of carbonyl (C=O) groups is 1. The molecule has 0 aliphatic carbocycles. The second kappa shape index (κ2) is 9.06. The number of Topliss-reactive ketones (excluding diaryl/α,β-unsaturated/α-hetero) is 1. The third-order valence-corrected chi connectivity index (χ3v) is 5.21. The van der Waals surface area contributed by atoms with E-state index in [1.807, 2.05) is 31.2 Å². The molecule has 1 unspecified atom stereocenters. The normalized spacial score (nSPS) is 12.0. The first-order valence-electron chi connectivity index (χ1n) is 8.64. The highest BCUT2D eigenvalue weighted by Crippen LogP contribution is 2.23. The molecule has 5 nitrogen and oxygen atoms in total. The molecule has 1 atom stereocenters. The van der Waals surface area contributed by atoms with Crippen molar-refractivity contribution in [3.63, 3.8) is 0 Å². The number of hydrogen-bond acceptors (Lipinski definition) is 5. The van der Waals surface area contributed by atoms with E-state index in [-0.39, 0.29) is 17.6 Å². The van der Waals surface area contributed by atoms with Crippen molar-refractivity contribution in [2.45, 2.75) is 37.3 Å². The van der Waals surface area contributed by atoms with Gasteiger partial charge in [0.05, 0.1) is 5.25 Å². The van der Waals surface area contributed by atoms with Gasteiger partial charge in [0.25, 0.3) is 0 Å². The van der Waals surface area contributed by atoms with Crippen LogP contribution < -0.4 is 4.74 Å². The van der Waals surface area contributed by atoms with Crippen molar-refractivity contribution < 1.29 is 9.53 Å². The molecule has 2 aromatic carbocycles. The van der Waals surface area contributed by atoms with Crippen LogP contribution >= 0.6 is 23.4 Å². The van der Waals surface area contributed by atoms with Crippen molar-refractivity contribution >= 4 is 29.1 Å². The summed E-state index contributed by atoms with van der Waals surface area (Å²) >= 11 is 7.18. The molecule has 7 heteroatoms. The molecule has 27 heavy (non-hydrogen) atoms. The lowest BCUT2D eigenvalue weighted by Gasteiger charge is -2.08. The molecule has 1 aromatic heterocycles. The summed E-state index contributed by atoms with van der Waals surface area (Å²) in [5, 5.41) is 7.90. The van der Waals surface area contributed by atoms with Crippen LogP contribution in [0.4, 0.5) is 0 Å². The molecular formula is C20H20ClN3O2S. The fourth-order valence-electron chi connectivity index (χ4n) is 2.43. The predicted molar refractivity (Wildman–Crippen MR) is 108 cm³/mol. The molecule has 1 heterocycles. The van der Waals surface area contributed by atoms with Gasteiger partial charge >= 0.3 is 0 Å². The number of benzene rings is 2. The highest BCUT2D eigenvalue weighted by Gasteiger charge is 2.19. The first-order chi connectivity index (χ1) is 13.0. The Bertz CT molecular complexity index is 894. The van der Waals surface area contributed by atoms with Gasteiger partial charge in [0.2, 0.25) is 5.16 Å². The number of aryl methyl sites for hydroxylation is 1. The molecule has 0 saturated heterocycles. The number of nitrogens with one attached hydrogen (secondary N) is 1. The quantitative estimate of drug-likeness (QED) is 0.426. The van der Waals surface area contributed by atoms with Gasteiger partial charge in [0, 0.05) is 10.6 Å². The van der Waals surface area contributed by atoms with Crippen molar-refractivity contribution in [3.8, 4) is 5.75 Å². The molecule has 140 valence electrons. The van der Waals surface area contributed by atoms with E-state index in [0.717, 1.165) is 6.42 Å². The summed E-state index contributed by atoms with van der Waals surface area (Å²) in [6, 6.07) is 14.8. The summed E-state index contributed by atoms with van der Waals surface area (Å²) < 4.78 is 5.64. The number of nitrogens with zero attached hydrogens (tertiary/aromatic N) is 2. The number of aromatic amines is 1. The maximum atomic E-state index is 12.6. The smallest absolute Gasteiger partial charge is 0.209 e. The minimum absolute atomic E-state index is 0.0615. The zero-order chi connectivity index (χ0) is 19.2. The topological polar surface area (TPSA) is 67.9 Å². The molecular weight excluding hydrogens is 382 g/mol. The van der Waals surface area contributed by atoms with E-state index in [1.54, 1.807) is 24.3 Å². The molecule has 0 spiro atoms. The second-order valence-electron chi connectivity index (χ2n) is 5.98. The van der Waals surface area contributed by atoms with Gasteiger partial charge in [-0.1, -0.05) is 54.6 Å². The van der Waals surface area contributed by atoms with E-state index in [2.05, 4.69) is 22.1 Å². The van der Waals surface area contributed by atoms with Crippen molar-refractivity contribution in [2.24, 2.45) is 0 Å². The monoisotopic (exact) mass is 401 g/mol. The third-order valence-electron chi connectivity index (χ3n) is 4.00. The van der Waals surface area contributed by atoms with Crippen molar-refractivity contribution in [1.29, 1.82) is 0 Å². The van der Waals surface area contributed by atoms with E-state index >= 15 is 0 Å². The van der Waals surface area contributed by atoms with Gasteiger partial charge in [-0.2, -0.15) is 0 Å². The third kappa shape index (κ3) is 5.34. The van der Waals surface area contributed by atoms with Crippen LogP contribution in [-0.4, -0.2) is 26.2 Å². The Kier molecular flexibility index (Phi) is 6.53. The SMILES string of the molecule is CCc1ccc(C(=O)C(C)Sc2n[nH]c(COc3ccc(Cl)cc3)n2)cc1. The first-order valence-corrected chi connectivity index (χ1v) is 9.90. The lowest BCUT2D eigenvalue weighted by molar-refractivity contribution is 0.0994. The molecule has 0 radical (unpaired) electrons. The van der Waals surface area contributed by atoms with Gasteiger partial charge in [-0.3, -0.25) is 9.89 Å². The average Bonchev–Trinajstić information content (AvgIpc) is 3.14. The van der Waals surface area contributed by atoms with Gasteiger partial charge in [-0.25, -0.2) is 4.98 Å². The van der Waals surface area contributed by atoms with Crippen LogP contribution in [0.3, 0.4) is 0 Å². The number of aromatic nitrogens is 3. The number of H-pyrrole nitrogens is 1. The number of thioether (sulfide) groups is 1. The van der Waals surface area contributed by atoms with Crippen LogP contribution in [0.15, 0.2) is 53.7 Å². The summed E-state index contributed by atoms with van der Waals surface area (Å²) in [6.45, 7) is 4.21. The van der Waals surface area contributed by atoms with Crippen molar-refractivity contribution in [3.05, 3.63) is 70.5 Å². The highest BCUT2D eigenvalue weighted by molar-refractivity contribution is 8.00. The van der Waals surface area contributed by atoms with Crippen LogP contribution in [0.25, 0.3) is 0 Å². The zero-order valence-electron chi connectivity index (χ0n) is 15.1. The summed E-state index contributed by atoms with van der Waals surface area (Å²) in [5.41, 5.74) is 1.92. The van der Waals surface area contributed by atoms with Gasteiger partial charge in [-0.15, -0.1) is 5.10 Å². The molecule has 1 N–H and O–H groups in total. The zero-order valence-corrected chi connectivity index (χ0v) is 16.7. The van der Waals surface area contributed by atoms with Crippen LogP contribution in [-0.2, 0) is 13.0 Å². The standard InChI is InChI=1S/C20H20ClN3O2S/c1-3-14-4-6-15(7-5-14)19(25)13(2)27-20-22-18(23-24-20)12-26-17-10-8-16(21)9-11-17/h4-11,13H,3,12H2,1-2H3,(H,22,23,24). The van der Waals surface area contributed by atoms with Crippen LogP contribution in [0, 0.1) is 0 Å². The minimum atomic E-state index is -0.279. The fraction of sp³-hybridized carbons (Fsp3) is 0.250. The predicted octanol–water partition coefficient (Wildman–Crippen LogP) is 4.96. The average molecular weight is 402 g/mol. The van der Waals surface area contributed by atoms with Gasteiger partial charge < -0.3 is 4.74 Å². The van der Waals surface area contributed by atoms with E-state index in [4.69, 9.17) is 16.3 Å². The Balaban J connectivity index is 1.55. The summed E-state index contributed by atoms with van der Waals surface area (Å²) in [5.74, 6) is 1.36. The highest BCUT2D eigenvalue weighted by atomic mass is 35.5. The lowest BCUT2D eigenvalue weighted by Crippen LogP contribution is -2.13. The van der Waals surface area contributed by atoms with Crippen molar-refractivity contribution in [1.82, 2.24) is 15.2 Å². The number of ether oxygens (including phenoxy) is 1. The van der Waals surface area contributed by atoms with Crippen LogP contribution in [0.1, 0.15) is 35.6 Å². The van der Waals surface area contributed by atoms with Gasteiger partial charge in [0.15, 0.2) is 11.6 Å². The molecule has 0 saturated carbocycles. The Hall–Kier alpha value is -2.31. The molecule has 0 bridgehead atoms. The van der Waals surface area contributed by atoms with Gasteiger partial charge in [0.1, 0.15) is 12.4 Å². The maximum Gasteiger partial charge on any atom is 0.209 e. The molecule has 0 amide bonds. The summed E-state index contributed by atoms with van der Waals surface area (Å²) in [4.78, 5) is 17.0. The summed E-state index contributed by atoms with van der Waals surface area (Å²) in [7, 11) is 0. The minimum Gasteiger partial charge on any atom is -0.486 e. The van der Waals surface area contributed by atoms with E-state index in [9.17, 15) is 4.79 Å². The first kappa shape index (κ1) is 19.5. The molecule has 0 fully saturated rings. The van der Waals surface area contributed by atoms with E-state index in [0.29, 0.717) is 27.3 Å². The Morgan fingerprint density at radius 2 is 1.89 bits per heavy atom. The lowest BCUT2D eigenvalue weighted by atomic mass is 10.1. The Morgan fingerprint density at radius 1 is 1.19 bits per heavy atom. The van der Waals surface area contributed by atoms with Gasteiger partial charge in [-0.05, 0) is 43.2 Å². The number of hydrogen-bond donors (Lipinski definition) is 1. The second-order valence-corrected chi connectivity index (χ2v) is 7.73. The molecule has 0 aliphatic rings. The Labute approximate surface area is 167 Å². The largest absolute Gasteiger partial charge is 0.486 e. The number of halogens is 1. The number of carbonyl (C=O) groups excluding carboxylic acids is 1. The molecule has 3 aromatic rings. The molecule has 3 rings (SSSR count). The summed E-state index contributed by atoms with van der Waals surface area (Å²) in [6.07, 6.45) is 0.955. The van der Waals surface area contributed by atoms with Crippen molar-refractivity contribution in [2.75, 3.05) is 0 Å². The van der Waals surface area contributed by atoms with E-state index in [1.165, 1.54) is 17.3 Å². The number of rotatable bonds is 8. The fourth-order valence-corrected chi connectivity index (χ4v) is 3.38. The van der Waals surface area contributed by atoms with Crippen LogP contribution in [0.5, 0.6) is 5.75 Å².